The first-order valence-corrected chi connectivity index (χ1v) is 10.6. The van der Waals surface area contributed by atoms with E-state index in [1.54, 1.807) is 17.0 Å². The first-order valence-electron chi connectivity index (χ1n) is 10.3. The molecule has 6 nitrogen and oxygen atoms in total. The third kappa shape index (κ3) is 5.30. The summed E-state index contributed by atoms with van der Waals surface area (Å²) in [5.74, 6) is -0.582. The monoisotopic (exact) mass is 421 g/mol. The van der Waals surface area contributed by atoms with Crippen LogP contribution in [0.4, 0.5) is 5.69 Å². The maximum Gasteiger partial charge on any atom is 0.251 e. The average Bonchev–Trinajstić information content (AvgIpc) is 2.63. The van der Waals surface area contributed by atoms with Gasteiger partial charge in [0.1, 0.15) is 0 Å². The Bertz CT molecular complexity index is 794. The van der Waals surface area contributed by atoms with Gasteiger partial charge in [-0.05, 0) is 50.8 Å². The number of carbonyl (C=O) groups is 3. The van der Waals surface area contributed by atoms with Crippen molar-refractivity contribution in [2.24, 2.45) is 17.8 Å². The maximum atomic E-state index is 12.9. The Morgan fingerprint density at radius 2 is 1.97 bits per heavy atom. The number of halogens is 1. The second-order valence-electron chi connectivity index (χ2n) is 8.27. The van der Waals surface area contributed by atoms with Crippen LogP contribution in [-0.2, 0) is 9.59 Å². The Morgan fingerprint density at radius 3 is 2.52 bits per heavy atom. The summed E-state index contributed by atoms with van der Waals surface area (Å²) in [6, 6.07) is 3.48. The lowest BCUT2D eigenvalue weighted by molar-refractivity contribution is -0.129. The van der Waals surface area contributed by atoms with E-state index in [1.807, 2.05) is 41.5 Å². The Balaban J connectivity index is 2.23. The lowest BCUT2D eigenvalue weighted by atomic mass is 9.84. The van der Waals surface area contributed by atoms with Crippen LogP contribution >= 0.6 is 11.6 Å². The Labute approximate surface area is 178 Å². The third-order valence-electron chi connectivity index (χ3n) is 5.58. The number of amides is 3. The minimum absolute atomic E-state index is 0.0222. The molecule has 1 heterocycles. The number of carbonyl (C=O) groups excluding carboxylic acids is 3. The lowest BCUT2D eigenvalue weighted by Crippen LogP contribution is -2.50. The highest BCUT2D eigenvalue weighted by molar-refractivity contribution is 6.31. The number of hydrogen-bond acceptors (Lipinski definition) is 3. The number of rotatable bonds is 6. The SMILES string of the molecule is CCN(C(=O)C(C)C)c1cc(Cl)cc(C(=O)NCC2C(=O)NC(C)CC2C)c1C. The molecule has 0 bridgehead atoms. The third-order valence-corrected chi connectivity index (χ3v) is 5.80. The summed E-state index contributed by atoms with van der Waals surface area (Å²) in [6.45, 7) is 12.2. The van der Waals surface area contributed by atoms with Crippen molar-refractivity contribution in [2.45, 2.75) is 54.0 Å². The predicted octanol–water partition coefficient (Wildman–Crippen LogP) is 3.55. The van der Waals surface area contributed by atoms with Crippen molar-refractivity contribution >= 4 is 35.0 Å². The van der Waals surface area contributed by atoms with Gasteiger partial charge in [0.15, 0.2) is 0 Å². The number of anilines is 1. The summed E-state index contributed by atoms with van der Waals surface area (Å²) in [4.78, 5) is 39.4. The molecule has 0 spiro atoms. The highest BCUT2D eigenvalue weighted by Gasteiger charge is 2.32. The van der Waals surface area contributed by atoms with Gasteiger partial charge in [0.05, 0.1) is 5.92 Å². The molecule has 1 fully saturated rings. The van der Waals surface area contributed by atoms with Crippen LogP contribution in [0, 0.1) is 24.7 Å². The van der Waals surface area contributed by atoms with Crippen LogP contribution < -0.4 is 15.5 Å². The molecule has 0 radical (unpaired) electrons. The van der Waals surface area contributed by atoms with Crippen molar-refractivity contribution in [3.8, 4) is 0 Å². The van der Waals surface area contributed by atoms with E-state index >= 15 is 0 Å². The van der Waals surface area contributed by atoms with Crippen LogP contribution in [0.5, 0.6) is 0 Å². The molecule has 2 rings (SSSR count). The molecule has 3 atom stereocenters. The number of nitrogens with zero attached hydrogens (tertiary/aromatic N) is 1. The van der Waals surface area contributed by atoms with Crippen LogP contribution in [0.3, 0.4) is 0 Å². The fraction of sp³-hybridized carbons (Fsp3) is 0.591. The van der Waals surface area contributed by atoms with Crippen LogP contribution in [0.1, 0.15) is 57.0 Å². The summed E-state index contributed by atoms with van der Waals surface area (Å²) < 4.78 is 0. The fourth-order valence-corrected chi connectivity index (χ4v) is 4.13. The molecule has 0 aromatic heterocycles. The van der Waals surface area contributed by atoms with Crippen molar-refractivity contribution in [1.29, 1.82) is 0 Å². The smallest absolute Gasteiger partial charge is 0.251 e. The molecule has 1 saturated heterocycles. The standard InChI is InChI=1S/C22H32ClN3O3/c1-7-26(22(29)12(2)3)19-10-16(23)9-17(15(19)6)20(27)24-11-18-13(4)8-14(5)25-21(18)28/h9-10,12-14,18H,7-8,11H2,1-6H3,(H,24,27)(H,25,28). The highest BCUT2D eigenvalue weighted by atomic mass is 35.5. The number of nitrogens with one attached hydrogen (secondary N) is 2. The second-order valence-corrected chi connectivity index (χ2v) is 8.71. The predicted molar refractivity (Wildman–Crippen MR) is 116 cm³/mol. The number of hydrogen-bond donors (Lipinski definition) is 2. The van der Waals surface area contributed by atoms with Crippen molar-refractivity contribution < 1.29 is 14.4 Å². The van der Waals surface area contributed by atoms with Gasteiger partial charge in [-0.3, -0.25) is 14.4 Å². The molecule has 0 aliphatic carbocycles. The van der Waals surface area contributed by atoms with Gasteiger partial charge in [-0.15, -0.1) is 0 Å². The molecule has 1 aromatic carbocycles. The van der Waals surface area contributed by atoms with E-state index in [9.17, 15) is 14.4 Å². The summed E-state index contributed by atoms with van der Waals surface area (Å²) in [5.41, 5.74) is 1.75. The van der Waals surface area contributed by atoms with Crippen LogP contribution in [0.15, 0.2) is 12.1 Å². The van der Waals surface area contributed by atoms with Gasteiger partial charge in [0.25, 0.3) is 5.91 Å². The molecule has 1 aromatic rings. The molecular formula is C22H32ClN3O3. The van der Waals surface area contributed by atoms with Gasteiger partial charge in [-0.2, -0.15) is 0 Å². The molecule has 29 heavy (non-hydrogen) atoms. The van der Waals surface area contributed by atoms with E-state index in [1.165, 1.54) is 0 Å². The first-order chi connectivity index (χ1) is 13.6. The van der Waals surface area contributed by atoms with E-state index in [4.69, 9.17) is 11.6 Å². The molecule has 7 heteroatoms. The van der Waals surface area contributed by atoms with E-state index in [0.717, 1.165) is 6.42 Å². The first kappa shape index (κ1) is 23.2. The van der Waals surface area contributed by atoms with Crippen LogP contribution in [0.2, 0.25) is 5.02 Å². The van der Waals surface area contributed by atoms with Gasteiger partial charge in [-0.1, -0.05) is 32.4 Å². The molecule has 3 unspecified atom stereocenters. The number of benzene rings is 1. The van der Waals surface area contributed by atoms with E-state index in [0.29, 0.717) is 28.4 Å². The van der Waals surface area contributed by atoms with Gasteiger partial charge in [-0.25, -0.2) is 0 Å². The fourth-order valence-electron chi connectivity index (χ4n) is 3.92. The highest BCUT2D eigenvalue weighted by Crippen LogP contribution is 2.29. The number of piperidine rings is 1. The van der Waals surface area contributed by atoms with E-state index < -0.39 is 0 Å². The molecule has 160 valence electrons. The molecule has 3 amide bonds. The molecule has 1 aliphatic rings. The zero-order valence-electron chi connectivity index (χ0n) is 18.1. The van der Waals surface area contributed by atoms with Gasteiger partial charge < -0.3 is 15.5 Å². The maximum absolute atomic E-state index is 12.9. The van der Waals surface area contributed by atoms with E-state index in [2.05, 4.69) is 10.6 Å². The topological polar surface area (TPSA) is 78.5 Å². The molecule has 1 aliphatic heterocycles. The Morgan fingerprint density at radius 1 is 1.31 bits per heavy atom. The normalized spacial score (nSPS) is 21.7. The Hall–Kier alpha value is -2.08. The van der Waals surface area contributed by atoms with Crippen molar-refractivity contribution in [3.63, 3.8) is 0 Å². The van der Waals surface area contributed by atoms with Gasteiger partial charge >= 0.3 is 0 Å². The van der Waals surface area contributed by atoms with Crippen molar-refractivity contribution in [1.82, 2.24) is 10.6 Å². The summed E-state index contributed by atoms with van der Waals surface area (Å²) in [6.07, 6.45) is 0.884. The molecule has 0 saturated carbocycles. The van der Waals surface area contributed by atoms with Gasteiger partial charge in [0, 0.05) is 41.3 Å². The zero-order chi connectivity index (χ0) is 21.9. The van der Waals surface area contributed by atoms with Crippen molar-refractivity contribution in [2.75, 3.05) is 18.0 Å². The molecular weight excluding hydrogens is 390 g/mol. The summed E-state index contributed by atoms with van der Waals surface area (Å²) >= 11 is 6.28. The summed E-state index contributed by atoms with van der Waals surface area (Å²) in [5, 5.41) is 6.22. The lowest BCUT2D eigenvalue weighted by Gasteiger charge is -2.32. The summed E-state index contributed by atoms with van der Waals surface area (Å²) in [7, 11) is 0. The zero-order valence-corrected chi connectivity index (χ0v) is 18.9. The van der Waals surface area contributed by atoms with Crippen LogP contribution in [-0.4, -0.2) is 36.9 Å². The Kier molecular flexibility index (Phi) is 7.69. The minimum atomic E-state index is -0.294. The second kappa shape index (κ2) is 9.61. The van der Waals surface area contributed by atoms with Crippen molar-refractivity contribution in [3.05, 3.63) is 28.3 Å². The van der Waals surface area contributed by atoms with Crippen LogP contribution in [0.25, 0.3) is 0 Å². The largest absolute Gasteiger partial charge is 0.353 e. The van der Waals surface area contributed by atoms with Gasteiger partial charge in [0.2, 0.25) is 11.8 Å². The minimum Gasteiger partial charge on any atom is -0.353 e. The molecule has 2 N–H and O–H groups in total. The van der Waals surface area contributed by atoms with E-state index in [-0.39, 0.29) is 48.1 Å². The average molecular weight is 422 g/mol. The quantitative estimate of drug-likeness (QED) is 0.737.